The number of hydrogen-bond acceptors (Lipinski definition) is 6. The Morgan fingerprint density at radius 1 is 1.48 bits per heavy atom. The lowest BCUT2D eigenvalue weighted by Crippen LogP contribution is -2.58. The summed E-state index contributed by atoms with van der Waals surface area (Å²) in [4.78, 5) is 6.16. The average Bonchev–Trinajstić information content (AvgIpc) is 2.82. The molecule has 25 heavy (non-hydrogen) atoms. The van der Waals surface area contributed by atoms with Gasteiger partial charge >= 0.3 is 0 Å². The van der Waals surface area contributed by atoms with Crippen LogP contribution in [0, 0.1) is 0 Å². The molecule has 1 aliphatic rings. The van der Waals surface area contributed by atoms with Gasteiger partial charge in [-0.25, -0.2) is 4.98 Å². The van der Waals surface area contributed by atoms with E-state index in [1.54, 1.807) is 18.6 Å². The van der Waals surface area contributed by atoms with Gasteiger partial charge in [0.1, 0.15) is 18.0 Å². The molecule has 132 valence electrons. The molecule has 8 heteroatoms. The Balaban J connectivity index is 2.13. The molecule has 1 aromatic carbocycles. The van der Waals surface area contributed by atoms with E-state index in [1.807, 2.05) is 29.8 Å². The van der Waals surface area contributed by atoms with Crippen LogP contribution < -0.4 is 15.2 Å². The summed E-state index contributed by atoms with van der Waals surface area (Å²) in [5, 5.41) is 16.2. The highest BCUT2D eigenvalue weighted by Gasteiger charge is 2.42. The van der Waals surface area contributed by atoms with E-state index in [-0.39, 0.29) is 12.8 Å². The number of rotatable bonds is 4. The van der Waals surface area contributed by atoms with Crippen molar-refractivity contribution in [1.82, 2.24) is 14.9 Å². The highest BCUT2D eigenvalue weighted by molar-refractivity contribution is 6.07. The minimum Gasteiger partial charge on any atom is -0.488 e. The van der Waals surface area contributed by atoms with Crippen LogP contribution in [0.15, 0.2) is 18.2 Å². The summed E-state index contributed by atoms with van der Waals surface area (Å²) in [6.45, 7) is 6.55. The van der Waals surface area contributed by atoms with Crippen LogP contribution in [-0.2, 0) is 11.5 Å². The molecule has 0 amide bonds. The van der Waals surface area contributed by atoms with Gasteiger partial charge in [-0.15, -0.1) is 4.68 Å². The van der Waals surface area contributed by atoms with Crippen LogP contribution in [0.25, 0.3) is 21.9 Å². The second-order valence-corrected chi connectivity index (χ2v) is 6.76. The van der Waals surface area contributed by atoms with E-state index in [0.29, 0.717) is 30.3 Å². The molecule has 3 aromatic rings. The van der Waals surface area contributed by atoms with E-state index >= 15 is 0 Å². The zero-order chi connectivity index (χ0) is 17.8. The minimum absolute atomic E-state index is 0.251. The second kappa shape index (κ2) is 5.53. The van der Waals surface area contributed by atoms with Gasteiger partial charge in [0.2, 0.25) is 5.52 Å². The fraction of sp³-hybridized carbons (Fsp3) is 0.471. The Kier molecular flexibility index (Phi) is 3.55. The molecular weight excluding hydrogens is 322 g/mol. The number of nitrogen functional groups attached to an aromatic ring is 1. The summed E-state index contributed by atoms with van der Waals surface area (Å²) in [5.74, 6) is 1.06. The predicted octanol–water partition coefficient (Wildman–Crippen LogP) is 1.15. The summed E-state index contributed by atoms with van der Waals surface area (Å²) in [6, 6.07) is 5.31. The molecule has 0 radical (unpaired) electrons. The summed E-state index contributed by atoms with van der Waals surface area (Å²) >= 11 is 0. The molecule has 0 aliphatic carbocycles. The van der Waals surface area contributed by atoms with E-state index in [9.17, 15) is 5.11 Å². The van der Waals surface area contributed by atoms with Crippen LogP contribution in [0.3, 0.4) is 0 Å². The third kappa shape index (κ3) is 2.40. The summed E-state index contributed by atoms with van der Waals surface area (Å²) in [7, 11) is 0. The van der Waals surface area contributed by atoms with Crippen LogP contribution in [0.4, 0.5) is 5.82 Å². The number of nitrogens with two attached hydrogens (primary N) is 1. The van der Waals surface area contributed by atoms with Crippen LogP contribution >= 0.6 is 0 Å². The van der Waals surface area contributed by atoms with Crippen molar-refractivity contribution in [2.75, 3.05) is 18.9 Å². The molecular formula is C17H22N5O3+. The predicted molar refractivity (Wildman–Crippen MR) is 92.1 cm³/mol. The third-order valence-electron chi connectivity index (χ3n) is 4.56. The Morgan fingerprint density at radius 3 is 3.00 bits per heavy atom. The monoisotopic (exact) mass is 344 g/mol. The fourth-order valence-electron chi connectivity index (χ4n) is 3.32. The number of benzene rings is 1. The number of hydrogen-bond donors (Lipinski definition) is 2. The molecule has 0 unspecified atom stereocenters. The van der Waals surface area contributed by atoms with Gasteiger partial charge in [-0.3, -0.25) is 0 Å². The largest absolute Gasteiger partial charge is 0.488 e. The van der Waals surface area contributed by atoms with Gasteiger partial charge in [-0.05, 0) is 37.7 Å². The summed E-state index contributed by atoms with van der Waals surface area (Å²) in [5.41, 5.74) is 7.26. The first-order valence-corrected chi connectivity index (χ1v) is 8.35. The lowest BCUT2D eigenvalue weighted by Gasteiger charge is -2.25. The van der Waals surface area contributed by atoms with Crippen molar-refractivity contribution in [3.63, 3.8) is 0 Å². The average molecular weight is 344 g/mol. The molecule has 0 saturated carbocycles. The number of anilines is 1. The van der Waals surface area contributed by atoms with Crippen molar-refractivity contribution in [3.8, 4) is 5.75 Å². The van der Waals surface area contributed by atoms with E-state index in [0.717, 1.165) is 16.4 Å². The number of nitrogens with zero attached hydrogens (tertiary/aromatic N) is 4. The molecule has 8 nitrogen and oxygen atoms in total. The smallest absolute Gasteiger partial charge is 0.291 e. The summed E-state index contributed by atoms with van der Waals surface area (Å²) in [6.07, 6.45) is 0. The van der Waals surface area contributed by atoms with Crippen LogP contribution in [0.2, 0.25) is 0 Å². The topological polar surface area (TPSA) is 99.3 Å². The Bertz CT molecular complexity index is 960. The first-order valence-electron chi connectivity index (χ1n) is 8.35. The molecule has 3 heterocycles. The van der Waals surface area contributed by atoms with Gasteiger partial charge in [0.15, 0.2) is 18.6 Å². The van der Waals surface area contributed by atoms with Gasteiger partial charge < -0.3 is 20.3 Å². The van der Waals surface area contributed by atoms with Crippen molar-refractivity contribution in [2.24, 2.45) is 0 Å². The maximum Gasteiger partial charge on any atom is 0.291 e. The highest BCUT2D eigenvalue weighted by Crippen LogP contribution is 2.36. The number of pyridine rings is 1. The van der Waals surface area contributed by atoms with Crippen LogP contribution in [0.5, 0.6) is 5.75 Å². The molecule has 0 spiro atoms. The Labute approximate surface area is 144 Å². The van der Waals surface area contributed by atoms with Gasteiger partial charge in [-0.2, -0.15) is 0 Å². The molecule has 0 saturated heterocycles. The maximum absolute atomic E-state index is 10.8. The first kappa shape index (κ1) is 16.0. The first-order chi connectivity index (χ1) is 11.9. The van der Waals surface area contributed by atoms with Crippen molar-refractivity contribution in [3.05, 3.63) is 18.2 Å². The van der Waals surface area contributed by atoms with E-state index in [2.05, 4.69) is 10.1 Å². The third-order valence-corrected chi connectivity index (χ3v) is 4.56. The lowest BCUT2D eigenvalue weighted by atomic mass is 10.00. The second-order valence-electron chi connectivity index (χ2n) is 6.76. The normalized spacial score (nSPS) is 17.2. The fourth-order valence-corrected chi connectivity index (χ4v) is 3.32. The molecule has 4 rings (SSSR count). The van der Waals surface area contributed by atoms with E-state index < -0.39 is 5.60 Å². The van der Waals surface area contributed by atoms with Gasteiger partial charge in [0.25, 0.3) is 5.52 Å². The standard InChI is InChI=1S/C17H21N5O3/c1-4-24-9-21-20-14-15-13-10(19-16(14)18)6-5-7-11(13)25-8-12(22(15)21)17(2,3)23/h5-7,12,18,23H,4,8-9H2,1-3H3/p+1/t12-/m0/s1. The molecule has 2 aromatic heterocycles. The molecule has 1 atom stereocenters. The zero-order valence-electron chi connectivity index (χ0n) is 14.6. The van der Waals surface area contributed by atoms with E-state index in [4.69, 9.17) is 15.2 Å². The van der Waals surface area contributed by atoms with Crippen molar-refractivity contribution < 1.29 is 19.3 Å². The SMILES string of the molecule is CCOCn1nc2c(N)nc3cccc4c3c2[n+]1[C@H](C(C)(C)O)CO4. The quantitative estimate of drug-likeness (QED) is 0.689. The van der Waals surface area contributed by atoms with Crippen LogP contribution in [0.1, 0.15) is 26.8 Å². The summed E-state index contributed by atoms with van der Waals surface area (Å²) < 4.78 is 13.5. The number of ether oxygens (including phenoxy) is 2. The van der Waals surface area contributed by atoms with Gasteiger partial charge in [-0.1, -0.05) is 6.07 Å². The molecule has 3 N–H and O–H groups in total. The molecule has 1 aliphatic heterocycles. The van der Waals surface area contributed by atoms with Crippen molar-refractivity contribution >= 4 is 27.8 Å². The van der Waals surface area contributed by atoms with Gasteiger partial charge in [0, 0.05) is 6.61 Å². The van der Waals surface area contributed by atoms with E-state index in [1.165, 1.54) is 0 Å². The molecule has 0 bridgehead atoms. The highest BCUT2D eigenvalue weighted by atomic mass is 16.5. The van der Waals surface area contributed by atoms with Crippen molar-refractivity contribution in [2.45, 2.75) is 39.1 Å². The maximum atomic E-state index is 10.8. The van der Waals surface area contributed by atoms with Crippen LogP contribution in [-0.4, -0.2) is 38.8 Å². The van der Waals surface area contributed by atoms with Crippen molar-refractivity contribution in [1.29, 1.82) is 0 Å². The lowest BCUT2D eigenvalue weighted by molar-refractivity contribution is -0.794. The molecule has 0 fully saturated rings. The minimum atomic E-state index is -1.03. The number of aliphatic hydroxyl groups is 1. The Morgan fingerprint density at radius 2 is 2.28 bits per heavy atom. The number of aromatic nitrogens is 4. The zero-order valence-corrected chi connectivity index (χ0v) is 14.6. The van der Waals surface area contributed by atoms with Gasteiger partial charge in [0.05, 0.1) is 16.0 Å². The Hall–Kier alpha value is -2.45.